The van der Waals surface area contributed by atoms with Crippen molar-refractivity contribution in [2.24, 2.45) is 0 Å². The van der Waals surface area contributed by atoms with Crippen LogP contribution >= 0.6 is 0 Å². The lowest BCUT2D eigenvalue weighted by Gasteiger charge is -2.35. The number of nitrogens with two attached hydrogens (primary N) is 1. The fourth-order valence-corrected chi connectivity index (χ4v) is 8.44. The zero-order chi connectivity index (χ0) is 37.4. The third-order valence-corrected chi connectivity index (χ3v) is 10.8. The molecule has 3 aliphatic rings. The molecule has 7 heterocycles. The zero-order valence-electron chi connectivity index (χ0n) is 29.6. The number of hydrogen-bond donors (Lipinski definition) is 2. The summed E-state index contributed by atoms with van der Waals surface area (Å²) in [6.07, 6.45) is 2.59. The van der Waals surface area contributed by atoms with Crippen LogP contribution < -0.4 is 20.1 Å². The number of benzene rings is 1. The van der Waals surface area contributed by atoms with Gasteiger partial charge in [-0.3, -0.25) is 10.00 Å². The van der Waals surface area contributed by atoms with Gasteiger partial charge < -0.3 is 20.1 Å². The smallest absolute Gasteiger partial charge is 0.417 e. The zero-order valence-corrected chi connectivity index (χ0v) is 29.6. The van der Waals surface area contributed by atoms with E-state index in [4.69, 9.17) is 20.2 Å². The van der Waals surface area contributed by atoms with Crippen molar-refractivity contribution in [1.29, 1.82) is 0 Å². The summed E-state index contributed by atoms with van der Waals surface area (Å²) in [6, 6.07) is 2.04. The van der Waals surface area contributed by atoms with E-state index in [1.807, 2.05) is 43.9 Å². The van der Waals surface area contributed by atoms with E-state index in [0.717, 1.165) is 18.5 Å². The first-order chi connectivity index (χ1) is 25.3. The number of nitrogens with one attached hydrogen (secondary N) is 1. The molecule has 2 unspecified atom stereocenters. The lowest BCUT2D eigenvalue weighted by atomic mass is 9.94. The van der Waals surface area contributed by atoms with Crippen LogP contribution in [0.4, 0.5) is 33.6 Å². The van der Waals surface area contributed by atoms with Crippen molar-refractivity contribution in [2.75, 3.05) is 36.9 Å². The number of aromatic amines is 1. The van der Waals surface area contributed by atoms with E-state index >= 15 is 4.39 Å². The van der Waals surface area contributed by atoms with Gasteiger partial charge in [-0.25, -0.2) is 18.7 Å². The molecule has 278 valence electrons. The van der Waals surface area contributed by atoms with Gasteiger partial charge in [0.2, 0.25) is 5.88 Å². The molecule has 0 bridgehead atoms. The van der Waals surface area contributed by atoms with Crippen molar-refractivity contribution < 1.29 is 31.4 Å². The predicted molar refractivity (Wildman–Crippen MR) is 190 cm³/mol. The SMILES string of the molecule is C/C=C/c1cnc(N)c(C(C)N2c3nc(OC[C@@]45CCCN4CC(F)C5)nc4c(F)c(-c5c(C(F)(F)F)c(C)cc6[nH]ncc56)nc(c34)OC[C@@H]2C)c1. The van der Waals surface area contributed by atoms with Crippen LogP contribution in [-0.2, 0) is 6.18 Å². The van der Waals surface area contributed by atoms with E-state index in [9.17, 15) is 17.6 Å². The molecule has 0 spiro atoms. The third kappa shape index (κ3) is 5.77. The molecule has 0 saturated carbocycles. The number of nitrogen functional groups attached to an aromatic ring is 1. The Hall–Kier alpha value is -5.12. The molecule has 8 rings (SSSR count). The van der Waals surface area contributed by atoms with Crippen LogP contribution in [0.15, 0.2) is 30.6 Å². The Bertz CT molecular complexity index is 2280. The molecule has 3 N–H and O–H groups in total. The highest BCUT2D eigenvalue weighted by atomic mass is 19.4. The Morgan fingerprint density at radius 3 is 2.79 bits per heavy atom. The van der Waals surface area contributed by atoms with Crippen LogP contribution in [-0.4, -0.2) is 79.1 Å². The van der Waals surface area contributed by atoms with Crippen LogP contribution in [0.25, 0.3) is 39.1 Å². The van der Waals surface area contributed by atoms with Gasteiger partial charge in [0.25, 0.3) is 0 Å². The Morgan fingerprint density at radius 1 is 1.21 bits per heavy atom. The minimum Gasteiger partial charge on any atom is -0.475 e. The van der Waals surface area contributed by atoms with Gasteiger partial charge in [0, 0.05) is 35.7 Å². The van der Waals surface area contributed by atoms with Gasteiger partial charge in [-0.1, -0.05) is 12.2 Å². The molecule has 16 heteroatoms. The fraction of sp³-hybridized carbons (Fsp3) is 0.432. The number of hydrogen-bond acceptors (Lipinski definition) is 10. The van der Waals surface area contributed by atoms with E-state index in [0.29, 0.717) is 18.5 Å². The highest BCUT2D eigenvalue weighted by Gasteiger charge is 2.49. The van der Waals surface area contributed by atoms with E-state index < -0.39 is 52.6 Å². The third-order valence-electron chi connectivity index (χ3n) is 10.8. The molecular weight excluding hydrogens is 697 g/mol. The number of ether oxygens (including phenoxy) is 2. The van der Waals surface area contributed by atoms with Gasteiger partial charge in [0.1, 0.15) is 47.6 Å². The molecule has 4 atom stereocenters. The summed E-state index contributed by atoms with van der Waals surface area (Å²) in [5, 5.41) is 6.72. The highest BCUT2D eigenvalue weighted by molar-refractivity contribution is 6.02. The molecule has 0 aliphatic carbocycles. The van der Waals surface area contributed by atoms with E-state index in [-0.39, 0.29) is 70.5 Å². The number of halogens is 5. The van der Waals surface area contributed by atoms with Crippen molar-refractivity contribution in [3.05, 3.63) is 58.7 Å². The number of allylic oxidation sites excluding steroid dienone is 1. The monoisotopic (exact) mass is 735 g/mol. The molecule has 53 heavy (non-hydrogen) atoms. The molecule has 5 aromatic rings. The first-order valence-electron chi connectivity index (χ1n) is 17.6. The molecule has 2 fully saturated rings. The number of anilines is 2. The minimum atomic E-state index is -4.87. The van der Waals surface area contributed by atoms with Crippen LogP contribution in [0.3, 0.4) is 0 Å². The largest absolute Gasteiger partial charge is 0.475 e. The maximum absolute atomic E-state index is 17.3. The molecule has 1 aromatic carbocycles. The Labute approximate surface area is 301 Å². The number of pyridine rings is 2. The molecular formula is C37H38F5N9O2. The van der Waals surface area contributed by atoms with Gasteiger partial charge in [-0.2, -0.15) is 28.2 Å². The number of rotatable bonds is 7. The van der Waals surface area contributed by atoms with Crippen LogP contribution in [0.2, 0.25) is 0 Å². The van der Waals surface area contributed by atoms with Crippen LogP contribution in [0.5, 0.6) is 11.9 Å². The van der Waals surface area contributed by atoms with Gasteiger partial charge in [0.15, 0.2) is 5.82 Å². The normalized spacial score (nSPS) is 22.5. The highest BCUT2D eigenvalue weighted by Crippen LogP contribution is 2.48. The van der Waals surface area contributed by atoms with Crippen molar-refractivity contribution in [1.82, 2.24) is 35.0 Å². The van der Waals surface area contributed by atoms with Crippen molar-refractivity contribution in [3.8, 4) is 23.1 Å². The molecule has 4 aromatic heterocycles. The van der Waals surface area contributed by atoms with Crippen LogP contribution in [0.1, 0.15) is 68.3 Å². The summed E-state index contributed by atoms with van der Waals surface area (Å²) in [7, 11) is 0. The quantitative estimate of drug-likeness (QED) is 0.164. The van der Waals surface area contributed by atoms with Crippen molar-refractivity contribution >= 4 is 39.5 Å². The molecule has 0 amide bonds. The Balaban J connectivity index is 1.36. The predicted octanol–water partition coefficient (Wildman–Crippen LogP) is 7.35. The van der Waals surface area contributed by atoms with E-state index in [2.05, 4.69) is 30.0 Å². The number of aryl methyl sites for hydroxylation is 1. The first-order valence-corrected chi connectivity index (χ1v) is 17.6. The second kappa shape index (κ2) is 12.8. The summed E-state index contributed by atoms with van der Waals surface area (Å²) in [5.41, 5.74) is 4.94. The second-order valence-electron chi connectivity index (χ2n) is 14.3. The molecule has 2 saturated heterocycles. The summed E-state index contributed by atoms with van der Waals surface area (Å²) in [5.74, 6) is -0.801. The first kappa shape index (κ1) is 34.9. The summed E-state index contributed by atoms with van der Waals surface area (Å²) in [4.78, 5) is 22.2. The topological polar surface area (TPSA) is 131 Å². The van der Waals surface area contributed by atoms with Gasteiger partial charge in [-0.05, 0) is 70.3 Å². The van der Waals surface area contributed by atoms with Crippen LogP contribution in [0, 0.1) is 12.7 Å². The number of H-pyrrole nitrogens is 1. The molecule has 3 aliphatic heterocycles. The number of fused-ring (bicyclic) bond motifs is 2. The average molecular weight is 736 g/mol. The van der Waals surface area contributed by atoms with Gasteiger partial charge >= 0.3 is 12.2 Å². The van der Waals surface area contributed by atoms with E-state index in [1.165, 1.54) is 19.2 Å². The summed E-state index contributed by atoms with van der Waals surface area (Å²) in [6.45, 7) is 8.02. The maximum atomic E-state index is 17.3. The molecule has 0 radical (unpaired) electrons. The summed E-state index contributed by atoms with van der Waals surface area (Å²) >= 11 is 0. The van der Waals surface area contributed by atoms with Crippen molar-refractivity contribution in [3.63, 3.8) is 0 Å². The number of alkyl halides is 4. The van der Waals surface area contributed by atoms with Crippen molar-refractivity contribution in [2.45, 2.75) is 76.9 Å². The number of nitrogens with zero attached hydrogens (tertiary/aromatic N) is 7. The second-order valence-corrected chi connectivity index (χ2v) is 14.3. The lowest BCUT2D eigenvalue weighted by Crippen LogP contribution is -2.43. The van der Waals surface area contributed by atoms with E-state index in [1.54, 1.807) is 6.20 Å². The lowest BCUT2D eigenvalue weighted by molar-refractivity contribution is -0.137. The fourth-order valence-electron chi connectivity index (χ4n) is 8.44. The summed E-state index contributed by atoms with van der Waals surface area (Å²) < 4.78 is 88.8. The maximum Gasteiger partial charge on any atom is 0.417 e. The Morgan fingerprint density at radius 2 is 2.02 bits per heavy atom. The minimum absolute atomic E-state index is 0.00295. The van der Waals surface area contributed by atoms with Gasteiger partial charge in [-0.15, -0.1) is 0 Å². The number of aromatic nitrogens is 6. The molecule has 11 nitrogen and oxygen atoms in total. The standard InChI is InChI=1S/C37H38F5N9O2/c1-5-7-21-11-23(32(43)44-13-21)20(4)51-19(3)16-52-34-27-31(47-35(48-33(27)51)53-17-36-8-6-9-50(36)15-22(38)12-36)29(39)30(46-34)26-24-14-45-49-25(24)10-18(2)28(26)37(40,41)42/h5,7,10-11,13-14,19-20,22H,6,8-9,12,15-17H2,1-4H3,(H2,43,44)(H,45,49)/b7-5+/t19-,20?,22?,36-/m0/s1. The average Bonchev–Trinajstić information content (AvgIpc) is 3.78. The Kier molecular flexibility index (Phi) is 8.42. The van der Waals surface area contributed by atoms with Gasteiger partial charge in [0.05, 0.1) is 34.9 Å².